The number of thioether (sulfide) groups is 1. The Kier molecular flexibility index (Phi) is 8.76. The lowest BCUT2D eigenvalue weighted by Gasteiger charge is -2.37. The lowest BCUT2D eigenvalue weighted by atomic mass is 9.84. The first kappa shape index (κ1) is 32.0. The average Bonchev–Trinajstić information content (AvgIpc) is 3.71. The topological polar surface area (TPSA) is 85.2 Å². The van der Waals surface area contributed by atoms with Crippen molar-refractivity contribution in [1.29, 1.82) is 0 Å². The van der Waals surface area contributed by atoms with E-state index in [0.29, 0.717) is 24.4 Å². The van der Waals surface area contributed by atoms with Crippen molar-refractivity contribution >= 4 is 38.3 Å². The fourth-order valence-corrected chi connectivity index (χ4v) is 10.6. The van der Waals surface area contributed by atoms with E-state index < -0.39 is 20.8 Å². The van der Waals surface area contributed by atoms with Crippen LogP contribution in [0.5, 0.6) is 0 Å². The van der Waals surface area contributed by atoms with Crippen LogP contribution in [-0.2, 0) is 21.3 Å². The van der Waals surface area contributed by atoms with Gasteiger partial charge in [-0.1, -0.05) is 127 Å². The number of fused-ring (bicyclic) bond motifs is 1. The van der Waals surface area contributed by atoms with Crippen LogP contribution in [0.3, 0.4) is 0 Å². The van der Waals surface area contributed by atoms with Crippen LogP contribution in [0.2, 0.25) is 0 Å². The van der Waals surface area contributed by atoms with Crippen LogP contribution in [0.1, 0.15) is 46.2 Å². The highest BCUT2D eigenvalue weighted by Crippen LogP contribution is 2.52. The summed E-state index contributed by atoms with van der Waals surface area (Å²) in [6.07, 6.45) is 0.584. The molecule has 7 rings (SSSR count). The summed E-state index contributed by atoms with van der Waals surface area (Å²) >= 11 is 1.80. The van der Waals surface area contributed by atoms with Gasteiger partial charge in [-0.25, -0.2) is 13.1 Å². The first-order valence-electron chi connectivity index (χ1n) is 16.0. The molecule has 242 valence electrons. The van der Waals surface area contributed by atoms with E-state index in [-0.39, 0.29) is 22.5 Å². The Labute approximate surface area is 285 Å². The third-order valence-electron chi connectivity index (χ3n) is 9.24. The smallest absolute Gasteiger partial charge is 0.243 e. The van der Waals surface area contributed by atoms with E-state index >= 15 is 0 Å². The lowest BCUT2D eigenvalue weighted by molar-refractivity contribution is 0.101. The highest BCUT2D eigenvalue weighted by molar-refractivity contribution is 8.01. The minimum atomic E-state index is -3.91. The number of aromatic nitrogens is 3. The maximum absolute atomic E-state index is 14.6. The van der Waals surface area contributed by atoms with Gasteiger partial charge in [0, 0.05) is 24.8 Å². The van der Waals surface area contributed by atoms with Crippen LogP contribution in [-0.4, -0.2) is 51.3 Å². The molecule has 48 heavy (non-hydrogen) atoms. The van der Waals surface area contributed by atoms with E-state index in [1.165, 1.54) is 6.92 Å². The molecule has 6 aromatic rings. The zero-order chi connectivity index (χ0) is 33.3. The fraction of sp³-hybridized carbons (Fsp3) is 0.205. The summed E-state index contributed by atoms with van der Waals surface area (Å²) in [6.45, 7) is 3.87. The number of carbonyl (C=O) groups is 1. The first-order chi connectivity index (χ1) is 23.3. The Morgan fingerprint density at radius 3 is 1.88 bits per heavy atom. The van der Waals surface area contributed by atoms with Crippen molar-refractivity contribution in [1.82, 2.24) is 19.3 Å². The lowest BCUT2D eigenvalue weighted by Crippen LogP contribution is -2.38. The largest absolute Gasteiger partial charge is 0.293 e. The Bertz CT molecular complexity index is 2070. The number of hydrogen-bond donors (Lipinski definition) is 0. The molecule has 0 bridgehead atoms. The Balaban J connectivity index is 1.33. The molecule has 0 N–H and O–H groups in total. The summed E-state index contributed by atoms with van der Waals surface area (Å²) in [5.41, 5.74) is 4.31. The average molecular weight is 673 g/mol. The van der Waals surface area contributed by atoms with E-state index in [2.05, 4.69) is 83.1 Å². The summed E-state index contributed by atoms with van der Waals surface area (Å²) in [7, 11) is -3.91. The van der Waals surface area contributed by atoms with Crippen LogP contribution in [0.15, 0.2) is 138 Å². The molecule has 1 aromatic heterocycles. The molecule has 2 unspecified atom stereocenters. The molecule has 9 heteroatoms. The third kappa shape index (κ3) is 5.87. The van der Waals surface area contributed by atoms with E-state index in [0.717, 1.165) is 27.5 Å². The Hall–Kier alpha value is -4.57. The molecule has 5 aromatic carbocycles. The maximum Gasteiger partial charge on any atom is 0.243 e. The Morgan fingerprint density at radius 1 is 0.792 bits per heavy atom. The number of sulfonamides is 1. The number of carbonyl (C=O) groups excluding carboxylic acids is 1. The molecule has 1 aliphatic heterocycles. The maximum atomic E-state index is 14.6. The molecule has 1 saturated heterocycles. The van der Waals surface area contributed by atoms with Gasteiger partial charge >= 0.3 is 0 Å². The van der Waals surface area contributed by atoms with Gasteiger partial charge in [0.15, 0.2) is 11.5 Å². The summed E-state index contributed by atoms with van der Waals surface area (Å²) in [5, 5.41) is 10.2. The molecule has 0 amide bonds. The van der Waals surface area contributed by atoms with Crippen molar-refractivity contribution in [2.75, 3.05) is 6.54 Å². The molecular formula is C39H36N4O3S2. The van der Waals surface area contributed by atoms with Crippen molar-refractivity contribution in [3.8, 4) is 0 Å². The minimum Gasteiger partial charge on any atom is -0.293 e. The second-order valence-corrected chi connectivity index (χ2v) is 15.7. The predicted molar refractivity (Wildman–Crippen MR) is 192 cm³/mol. The Morgan fingerprint density at radius 2 is 1.33 bits per heavy atom. The zero-order valence-corrected chi connectivity index (χ0v) is 28.4. The van der Waals surface area contributed by atoms with Crippen molar-refractivity contribution in [3.05, 3.63) is 162 Å². The normalized spacial score (nSPS) is 17.1. The number of benzene rings is 5. The van der Waals surface area contributed by atoms with E-state index in [1.807, 2.05) is 55.5 Å². The standard InChI is InChI=1S/C39H36N4O3S2/c1-28-38(29(2)44)40-41-42(28)26-35-25-36(27-43(35)48(45,46)37-23-22-30-14-12-13-15-31(30)24-37)47-39(32-16-6-3-7-17-32,33-18-8-4-9-19-33)34-20-10-5-11-21-34/h3-24,35-36H,25-27H2,1-2H3. The second kappa shape index (κ2) is 13.1. The molecule has 7 nitrogen and oxygen atoms in total. The van der Waals surface area contributed by atoms with Gasteiger partial charge in [0.1, 0.15) is 0 Å². The molecule has 2 heterocycles. The molecule has 0 spiro atoms. The zero-order valence-electron chi connectivity index (χ0n) is 26.8. The van der Waals surface area contributed by atoms with Gasteiger partial charge in [0.25, 0.3) is 0 Å². The number of ketones is 1. The summed E-state index contributed by atoms with van der Waals surface area (Å²) in [4.78, 5) is 12.5. The monoisotopic (exact) mass is 672 g/mol. The molecule has 0 aliphatic carbocycles. The van der Waals surface area contributed by atoms with Gasteiger partial charge in [-0.15, -0.1) is 16.9 Å². The SMILES string of the molecule is CC(=O)c1nnn(CC2CC(SC(c3ccccc3)(c3ccccc3)c3ccccc3)CN2S(=O)(=O)c2ccc3ccccc3c2)c1C. The number of Topliss-reactive ketones (excluding diaryl/α,β-unsaturated/α-hetero) is 1. The molecule has 1 fully saturated rings. The third-order valence-corrected chi connectivity index (χ3v) is 12.9. The van der Waals surface area contributed by atoms with Gasteiger partial charge in [-0.2, -0.15) is 4.31 Å². The number of hydrogen-bond acceptors (Lipinski definition) is 6. The van der Waals surface area contributed by atoms with E-state index in [4.69, 9.17) is 0 Å². The van der Waals surface area contributed by atoms with Crippen LogP contribution in [0.4, 0.5) is 0 Å². The second-order valence-electron chi connectivity index (χ2n) is 12.3. The molecule has 0 radical (unpaired) electrons. The van der Waals surface area contributed by atoms with Gasteiger partial charge in [-0.3, -0.25) is 4.79 Å². The van der Waals surface area contributed by atoms with Gasteiger partial charge in [-0.05, 0) is 52.9 Å². The molecule has 2 atom stereocenters. The van der Waals surface area contributed by atoms with Crippen LogP contribution >= 0.6 is 11.8 Å². The summed E-state index contributed by atoms with van der Waals surface area (Å²) < 4.78 is 32.0. The molecule has 1 aliphatic rings. The van der Waals surface area contributed by atoms with E-state index in [9.17, 15) is 13.2 Å². The highest BCUT2D eigenvalue weighted by atomic mass is 32.2. The van der Waals surface area contributed by atoms with Gasteiger partial charge in [0.2, 0.25) is 10.0 Å². The van der Waals surface area contributed by atoms with Crippen molar-refractivity contribution in [2.45, 2.75) is 47.7 Å². The number of nitrogens with zero attached hydrogens (tertiary/aromatic N) is 4. The predicted octanol–water partition coefficient (Wildman–Crippen LogP) is 7.50. The van der Waals surface area contributed by atoms with Crippen LogP contribution < -0.4 is 0 Å². The quantitative estimate of drug-likeness (QED) is 0.111. The summed E-state index contributed by atoms with van der Waals surface area (Å²) in [6, 6.07) is 44.1. The molecule has 0 saturated carbocycles. The van der Waals surface area contributed by atoms with Crippen LogP contribution in [0, 0.1) is 6.92 Å². The van der Waals surface area contributed by atoms with Gasteiger partial charge in [0.05, 0.1) is 21.9 Å². The number of rotatable bonds is 10. The highest BCUT2D eigenvalue weighted by Gasteiger charge is 2.46. The molecular weight excluding hydrogens is 637 g/mol. The minimum absolute atomic E-state index is 0.0815. The van der Waals surface area contributed by atoms with Crippen LogP contribution in [0.25, 0.3) is 10.8 Å². The van der Waals surface area contributed by atoms with Crippen molar-refractivity contribution in [2.24, 2.45) is 0 Å². The first-order valence-corrected chi connectivity index (χ1v) is 18.4. The fourth-order valence-electron chi connectivity index (χ4n) is 6.89. The summed E-state index contributed by atoms with van der Waals surface area (Å²) in [5.74, 6) is -0.169. The van der Waals surface area contributed by atoms with Crippen molar-refractivity contribution in [3.63, 3.8) is 0 Å². The van der Waals surface area contributed by atoms with Crippen molar-refractivity contribution < 1.29 is 13.2 Å². The van der Waals surface area contributed by atoms with E-state index in [1.54, 1.807) is 32.9 Å². The van der Waals surface area contributed by atoms with Gasteiger partial charge < -0.3 is 0 Å².